The number of aromatic nitrogens is 2. The Bertz CT molecular complexity index is 661. The molecule has 0 radical (unpaired) electrons. The second-order valence-electron chi connectivity index (χ2n) is 5.90. The molecule has 124 valence electrons. The average molecular weight is 335 g/mol. The van der Waals surface area contributed by atoms with Crippen molar-refractivity contribution in [2.75, 3.05) is 13.2 Å². The van der Waals surface area contributed by atoms with E-state index >= 15 is 0 Å². The van der Waals surface area contributed by atoms with E-state index in [-0.39, 0.29) is 18.4 Å². The molecular formula is C16H21N3O3S. The fourth-order valence-corrected chi connectivity index (χ4v) is 3.48. The second-order valence-corrected chi connectivity index (χ2v) is 6.84. The van der Waals surface area contributed by atoms with E-state index in [1.807, 2.05) is 24.1 Å². The molecule has 0 bridgehead atoms. The third-order valence-electron chi connectivity index (χ3n) is 3.80. The lowest BCUT2D eigenvalue weighted by Gasteiger charge is -2.24. The van der Waals surface area contributed by atoms with Gasteiger partial charge in [0.15, 0.2) is 0 Å². The molecule has 6 nitrogen and oxygen atoms in total. The number of aryl methyl sites for hydroxylation is 2. The Morgan fingerprint density at radius 2 is 2.35 bits per heavy atom. The lowest BCUT2D eigenvalue weighted by atomic mass is 10.2. The number of carbonyl (C=O) groups excluding carboxylic acids is 1. The molecule has 23 heavy (non-hydrogen) atoms. The number of hydrogen-bond donors (Lipinski definition) is 0. The van der Waals surface area contributed by atoms with E-state index in [1.54, 1.807) is 17.4 Å². The summed E-state index contributed by atoms with van der Waals surface area (Å²) in [4.78, 5) is 19.0. The summed E-state index contributed by atoms with van der Waals surface area (Å²) in [5.41, 5.74) is 1.65. The first-order valence-electron chi connectivity index (χ1n) is 7.83. The summed E-state index contributed by atoms with van der Waals surface area (Å²) in [5, 5.41) is 6.87. The molecule has 3 rings (SSSR count). The van der Waals surface area contributed by atoms with E-state index in [1.165, 1.54) is 0 Å². The van der Waals surface area contributed by atoms with Gasteiger partial charge in [-0.15, -0.1) is 11.3 Å². The van der Waals surface area contributed by atoms with Crippen molar-refractivity contribution in [2.24, 2.45) is 0 Å². The monoisotopic (exact) mass is 335 g/mol. The molecule has 0 N–H and O–H groups in total. The quantitative estimate of drug-likeness (QED) is 0.811. The third kappa shape index (κ3) is 4.39. The van der Waals surface area contributed by atoms with Crippen LogP contribution >= 0.6 is 11.3 Å². The van der Waals surface area contributed by atoms with Gasteiger partial charge in [0.25, 0.3) is 0 Å². The molecule has 1 saturated heterocycles. The number of thiazole rings is 1. The predicted molar refractivity (Wildman–Crippen MR) is 86.2 cm³/mol. The lowest BCUT2D eigenvalue weighted by Crippen LogP contribution is -2.37. The Morgan fingerprint density at radius 1 is 1.48 bits per heavy atom. The number of nitrogens with zero attached hydrogens (tertiary/aromatic N) is 3. The van der Waals surface area contributed by atoms with Gasteiger partial charge in [0, 0.05) is 30.3 Å². The highest BCUT2D eigenvalue weighted by Crippen LogP contribution is 2.18. The minimum absolute atomic E-state index is 0.0293. The maximum atomic E-state index is 12.7. The summed E-state index contributed by atoms with van der Waals surface area (Å²) in [6.07, 6.45) is 2.43. The highest BCUT2D eigenvalue weighted by atomic mass is 32.1. The summed E-state index contributed by atoms with van der Waals surface area (Å²) in [5.74, 6) is 0.746. The Hall–Kier alpha value is -1.73. The van der Waals surface area contributed by atoms with Crippen LogP contribution < -0.4 is 0 Å². The Kier molecular flexibility index (Phi) is 5.07. The van der Waals surface area contributed by atoms with Crippen molar-refractivity contribution < 1.29 is 14.1 Å². The molecule has 0 aromatic carbocycles. The van der Waals surface area contributed by atoms with Crippen LogP contribution in [0.3, 0.4) is 0 Å². The van der Waals surface area contributed by atoms with E-state index < -0.39 is 0 Å². The van der Waals surface area contributed by atoms with Gasteiger partial charge in [0.2, 0.25) is 5.91 Å². The Morgan fingerprint density at radius 3 is 2.96 bits per heavy atom. The highest BCUT2D eigenvalue weighted by Gasteiger charge is 2.24. The van der Waals surface area contributed by atoms with Crippen molar-refractivity contribution in [3.63, 3.8) is 0 Å². The minimum Gasteiger partial charge on any atom is -0.376 e. The summed E-state index contributed by atoms with van der Waals surface area (Å²) < 4.78 is 10.7. The van der Waals surface area contributed by atoms with Gasteiger partial charge in [0.1, 0.15) is 10.8 Å². The molecule has 0 saturated carbocycles. The van der Waals surface area contributed by atoms with Gasteiger partial charge in [-0.1, -0.05) is 5.16 Å². The summed E-state index contributed by atoms with van der Waals surface area (Å²) in [7, 11) is 0. The topological polar surface area (TPSA) is 68.5 Å². The molecule has 1 aliphatic rings. The van der Waals surface area contributed by atoms with E-state index in [2.05, 4.69) is 10.1 Å². The average Bonchev–Trinajstić information content (AvgIpc) is 3.23. The normalized spacial score (nSPS) is 17.6. The van der Waals surface area contributed by atoms with Gasteiger partial charge in [-0.25, -0.2) is 4.98 Å². The molecule has 2 aromatic heterocycles. The Labute approximate surface area is 139 Å². The molecule has 7 heteroatoms. The van der Waals surface area contributed by atoms with Crippen LogP contribution in [0.15, 0.2) is 16.0 Å². The highest BCUT2D eigenvalue weighted by molar-refractivity contribution is 7.09. The smallest absolute Gasteiger partial charge is 0.229 e. The van der Waals surface area contributed by atoms with Crippen molar-refractivity contribution in [2.45, 2.75) is 45.8 Å². The predicted octanol–water partition coefficient (Wildman–Crippen LogP) is 2.50. The standard InChI is InChI=1S/C16H21N3O3S/c1-11-10-23-15(17-11)9-19(8-14-4-3-5-21-14)16(20)7-13-6-12(2)22-18-13/h6,10,14H,3-5,7-9H2,1-2H3/t14-/m1/s1. The first-order valence-corrected chi connectivity index (χ1v) is 8.70. The Balaban J connectivity index is 1.68. The fraction of sp³-hybridized carbons (Fsp3) is 0.562. The molecule has 3 heterocycles. The molecule has 1 fully saturated rings. The van der Waals surface area contributed by atoms with Crippen LogP contribution in [0.4, 0.5) is 0 Å². The summed E-state index contributed by atoms with van der Waals surface area (Å²) in [6, 6.07) is 1.80. The van der Waals surface area contributed by atoms with Gasteiger partial charge in [-0.3, -0.25) is 4.79 Å². The van der Waals surface area contributed by atoms with Crippen LogP contribution in [0.1, 0.15) is 35.0 Å². The van der Waals surface area contributed by atoms with Gasteiger partial charge in [-0.2, -0.15) is 0 Å². The molecule has 0 aliphatic carbocycles. The largest absolute Gasteiger partial charge is 0.376 e. The molecule has 1 atom stereocenters. The van der Waals surface area contributed by atoms with Crippen LogP contribution in [0.25, 0.3) is 0 Å². The zero-order chi connectivity index (χ0) is 16.2. The van der Waals surface area contributed by atoms with Crippen LogP contribution in [-0.2, 0) is 22.5 Å². The summed E-state index contributed by atoms with van der Waals surface area (Å²) >= 11 is 1.58. The van der Waals surface area contributed by atoms with Crippen molar-refractivity contribution >= 4 is 17.2 Å². The number of carbonyl (C=O) groups is 1. The lowest BCUT2D eigenvalue weighted by molar-refractivity contribution is -0.132. The molecule has 0 spiro atoms. The van der Waals surface area contributed by atoms with Gasteiger partial charge < -0.3 is 14.2 Å². The van der Waals surface area contributed by atoms with Crippen molar-refractivity contribution in [1.29, 1.82) is 0 Å². The van der Waals surface area contributed by atoms with E-state index in [9.17, 15) is 4.79 Å². The number of amides is 1. The molecule has 1 aliphatic heterocycles. The van der Waals surface area contributed by atoms with E-state index in [0.717, 1.165) is 30.2 Å². The second kappa shape index (κ2) is 7.23. The zero-order valence-electron chi connectivity index (χ0n) is 13.4. The molecule has 0 unspecified atom stereocenters. The van der Waals surface area contributed by atoms with Gasteiger partial charge in [-0.05, 0) is 26.7 Å². The van der Waals surface area contributed by atoms with Crippen LogP contribution in [0.5, 0.6) is 0 Å². The fourth-order valence-electron chi connectivity index (χ4n) is 2.70. The summed E-state index contributed by atoms with van der Waals surface area (Å²) in [6.45, 7) is 5.70. The maximum Gasteiger partial charge on any atom is 0.229 e. The van der Waals surface area contributed by atoms with Crippen LogP contribution in [0.2, 0.25) is 0 Å². The van der Waals surface area contributed by atoms with Crippen molar-refractivity contribution in [3.05, 3.63) is 33.6 Å². The number of hydrogen-bond acceptors (Lipinski definition) is 6. The van der Waals surface area contributed by atoms with Crippen molar-refractivity contribution in [3.8, 4) is 0 Å². The molecule has 1 amide bonds. The maximum absolute atomic E-state index is 12.7. The zero-order valence-corrected chi connectivity index (χ0v) is 14.3. The van der Waals surface area contributed by atoms with Crippen LogP contribution in [0, 0.1) is 13.8 Å². The minimum atomic E-state index is 0.0293. The first kappa shape index (κ1) is 16.1. The SMILES string of the molecule is Cc1csc(CN(C[C@H]2CCCO2)C(=O)Cc2cc(C)on2)n1. The van der Waals surface area contributed by atoms with Crippen LogP contribution in [-0.4, -0.2) is 40.2 Å². The first-order chi connectivity index (χ1) is 11.1. The van der Waals surface area contributed by atoms with E-state index in [4.69, 9.17) is 9.26 Å². The number of rotatable bonds is 6. The third-order valence-corrected chi connectivity index (χ3v) is 4.75. The molecular weight excluding hydrogens is 314 g/mol. The molecule has 2 aromatic rings. The van der Waals surface area contributed by atoms with Gasteiger partial charge in [0.05, 0.1) is 24.8 Å². The number of ether oxygens (including phenoxy) is 1. The van der Waals surface area contributed by atoms with Gasteiger partial charge >= 0.3 is 0 Å². The van der Waals surface area contributed by atoms with Crippen molar-refractivity contribution in [1.82, 2.24) is 15.0 Å². The van der Waals surface area contributed by atoms with E-state index in [0.29, 0.717) is 24.5 Å².